The van der Waals surface area contributed by atoms with Crippen molar-refractivity contribution in [2.45, 2.75) is 83.1 Å². The Kier molecular flexibility index (Phi) is 25.2. The molecule has 0 saturated carbocycles. The highest BCUT2D eigenvalue weighted by Crippen LogP contribution is 2.35. The summed E-state index contributed by atoms with van der Waals surface area (Å²) in [4.78, 5) is 11.9. The number of benzene rings is 4. The zero-order chi connectivity index (χ0) is 33.0. The molecule has 1 aliphatic rings. The number of rotatable bonds is 2. The fraction of sp³-hybridized carbons (Fsp3) is 0.308. The molecular formula is C39H54N2O2. The van der Waals surface area contributed by atoms with Crippen LogP contribution in [0.5, 0.6) is 0 Å². The quantitative estimate of drug-likeness (QED) is 0.204. The lowest BCUT2D eigenvalue weighted by molar-refractivity contribution is 0.104. The van der Waals surface area contributed by atoms with Crippen LogP contribution < -0.4 is 0 Å². The second kappa shape index (κ2) is 26.6. The van der Waals surface area contributed by atoms with Gasteiger partial charge in [-0.1, -0.05) is 168 Å². The van der Waals surface area contributed by atoms with Crippen molar-refractivity contribution in [2.75, 3.05) is 0 Å². The molecule has 0 saturated heterocycles. The van der Waals surface area contributed by atoms with E-state index in [1.807, 2.05) is 192 Å². The van der Waals surface area contributed by atoms with Gasteiger partial charge >= 0.3 is 0 Å². The molecular weight excluding hydrogens is 528 g/mol. The van der Waals surface area contributed by atoms with E-state index in [0.717, 1.165) is 33.4 Å². The van der Waals surface area contributed by atoms with Crippen LogP contribution in [0.2, 0.25) is 0 Å². The molecule has 1 aromatic heterocycles. The van der Waals surface area contributed by atoms with Crippen molar-refractivity contribution in [3.05, 3.63) is 120 Å². The SMILES string of the molecule is CC.CC.CC.CC.CC.CC.O=C1c2ccccc2-c2ccccc21.c1ccc(-c2nnc(-c3ccccc3)o2)cc1. The second-order valence-electron chi connectivity index (χ2n) is 7.06. The summed E-state index contributed by atoms with van der Waals surface area (Å²) in [5, 5.41) is 8.09. The summed E-state index contributed by atoms with van der Waals surface area (Å²) >= 11 is 0. The Hall–Kier alpha value is -4.31. The van der Waals surface area contributed by atoms with Gasteiger partial charge in [-0.05, 0) is 35.4 Å². The van der Waals surface area contributed by atoms with Crippen LogP contribution in [-0.4, -0.2) is 16.0 Å². The minimum absolute atomic E-state index is 0.149. The molecule has 0 spiro atoms. The molecule has 5 aromatic rings. The van der Waals surface area contributed by atoms with Crippen molar-refractivity contribution in [1.82, 2.24) is 10.2 Å². The average molecular weight is 583 g/mol. The van der Waals surface area contributed by atoms with Crippen LogP contribution in [0.4, 0.5) is 0 Å². The van der Waals surface area contributed by atoms with Gasteiger partial charge in [-0.2, -0.15) is 0 Å². The smallest absolute Gasteiger partial charge is 0.248 e. The number of carbonyl (C=O) groups excluding carboxylic acids is 1. The maximum Gasteiger partial charge on any atom is 0.248 e. The first kappa shape index (κ1) is 40.8. The summed E-state index contributed by atoms with van der Waals surface area (Å²) in [5.41, 5.74) is 5.65. The number of hydrogen-bond acceptors (Lipinski definition) is 4. The Morgan fingerprint density at radius 3 is 0.930 bits per heavy atom. The molecule has 4 nitrogen and oxygen atoms in total. The third kappa shape index (κ3) is 12.2. The molecule has 232 valence electrons. The molecule has 1 heterocycles. The van der Waals surface area contributed by atoms with Crippen LogP contribution >= 0.6 is 0 Å². The standard InChI is InChI=1S/C14H10N2O.C13H8O.6C2H6/c1-3-7-11(8-4-1)13-15-16-14(17-13)12-9-5-2-6-10-12;14-13-11-7-3-1-5-9(11)10-6-2-4-8-12(10)13;6*1-2/h1-10H;1-8H;6*1-2H3. The van der Waals surface area contributed by atoms with Crippen molar-refractivity contribution in [1.29, 1.82) is 0 Å². The summed E-state index contributed by atoms with van der Waals surface area (Å²) in [7, 11) is 0. The fourth-order valence-corrected chi connectivity index (χ4v) is 3.60. The average Bonchev–Trinajstić information content (AvgIpc) is 3.75. The number of carbonyl (C=O) groups is 1. The fourth-order valence-electron chi connectivity index (χ4n) is 3.60. The predicted molar refractivity (Wildman–Crippen MR) is 189 cm³/mol. The first-order chi connectivity index (χ1) is 21.3. The van der Waals surface area contributed by atoms with Crippen LogP contribution in [0.1, 0.15) is 99.0 Å². The monoisotopic (exact) mass is 582 g/mol. The molecule has 4 aromatic carbocycles. The molecule has 43 heavy (non-hydrogen) atoms. The van der Waals surface area contributed by atoms with Gasteiger partial charge in [0, 0.05) is 22.3 Å². The van der Waals surface area contributed by atoms with Crippen molar-refractivity contribution in [3.8, 4) is 34.0 Å². The van der Waals surface area contributed by atoms with E-state index in [9.17, 15) is 4.79 Å². The van der Waals surface area contributed by atoms with Gasteiger partial charge in [0.1, 0.15) is 0 Å². The van der Waals surface area contributed by atoms with E-state index >= 15 is 0 Å². The van der Waals surface area contributed by atoms with E-state index in [1.54, 1.807) is 0 Å². The van der Waals surface area contributed by atoms with Crippen molar-refractivity contribution in [2.24, 2.45) is 0 Å². The molecule has 6 rings (SSSR count). The third-order valence-electron chi connectivity index (χ3n) is 5.10. The molecule has 0 bridgehead atoms. The highest BCUT2D eigenvalue weighted by molar-refractivity contribution is 6.21. The molecule has 1 aliphatic carbocycles. The van der Waals surface area contributed by atoms with Crippen molar-refractivity contribution < 1.29 is 9.21 Å². The predicted octanol–water partition coefficient (Wildman–Crippen LogP) is 12.5. The highest BCUT2D eigenvalue weighted by atomic mass is 16.4. The number of nitrogens with zero attached hydrogens (tertiary/aromatic N) is 2. The number of fused-ring (bicyclic) bond motifs is 3. The highest BCUT2D eigenvalue weighted by Gasteiger charge is 2.24. The molecule has 0 N–H and O–H groups in total. The van der Waals surface area contributed by atoms with Crippen molar-refractivity contribution in [3.63, 3.8) is 0 Å². The normalized spacial score (nSPS) is 8.98. The van der Waals surface area contributed by atoms with Crippen LogP contribution in [0.15, 0.2) is 114 Å². The molecule has 0 amide bonds. The summed E-state index contributed by atoms with van der Waals surface area (Å²) in [5.74, 6) is 1.24. The summed E-state index contributed by atoms with van der Waals surface area (Å²) in [6, 6.07) is 35.0. The summed E-state index contributed by atoms with van der Waals surface area (Å²) < 4.78 is 5.63. The Balaban J connectivity index is 0. The van der Waals surface area contributed by atoms with Crippen LogP contribution in [0.3, 0.4) is 0 Å². The van der Waals surface area contributed by atoms with E-state index in [4.69, 9.17) is 4.42 Å². The Morgan fingerprint density at radius 2 is 0.628 bits per heavy atom. The van der Waals surface area contributed by atoms with Gasteiger partial charge in [-0.25, -0.2) is 0 Å². The molecule has 0 fully saturated rings. The largest absolute Gasteiger partial charge is 0.416 e. The molecule has 0 aliphatic heterocycles. The van der Waals surface area contributed by atoms with E-state index < -0.39 is 0 Å². The van der Waals surface area contributed by atoms with E-state index in [2.05, 4.69) is 10.2 Å². The third-order valence-corrected chi connectivity index (χ3v) is 5.10. The lowest BCUT2D eigenvalue weighted by Crippen LogP contribution is -1.93. The van der Waals surface area contributed by atoms with E-state index in [0.29, 0.717) is 11.8 Å². The molecule has 0 radical (unpaired) electrons. The lowest BCUT2D eigenvalue weighted by Gasteiger charge is -1.96. The zero-order valence-corrected chi connectivity index (χ0v) is 28.6. The first-order valence-electron chi connectivity index (χ1n) is 16.0. The Morgan fingerprint density at radius 1 is 0.372 bits per heavy atom. The first-order valence-corrected chi connectivity index (χ1v) is 16.0. The summed E-state index contributed by atoms with van der Waals surface area (Å²) in [6.45, 7) is 24.0. The minimum atomic E-state index is 0.149. The van der Waals surface area contributed by atoms with Gasteiger partial charge in [0.2, 0.25) is 11.8 Å². The number of aromatic nitrogens is 2. The van der Waals surface area contributed by atoms with Crippen LogP contribution in [0.25, 0.3) is 34.0 Å². The molecule has 4 heteroatoms. The van der Waals surface area contributed by atoms with Crippen molar-refractivity contribution >= 4 is 5.78 Å². The van der Waals surface area contributed by atoms with Gasteiger partial charge in [0.05, 0.1) is 0 Å². The topological polar surface area (TPSA) is 56.0 Å². The molecule has 0 atom stereocenters. The lowest BCUT2D eigenvalue weighted by atomic mass is 10.1. The minimum Gasteiger partial charge on any atom is -0.416 e. The Labute approximate surface area is 262 Å². The van der Waals surface area contributed by atoms with E-state index in [-0.39, 0.29) is 5.78 Å². The zero-order valence-electron chi connectivity index (χ0n) is 28.6. The second-order valence-corrected chi connectivity index (χ2v) is 7.06. The van der Waals surface area contributed by atoms with E-state index in [1.165, 1.54) is 0 Å². The Bertz CT molecular complexity index is 1240. The maximum atomic E-state index is 11.9. The van der Waals surface area contributed by atoms with Gasteiger partial charge in [0.25, 0.3) is 0 Å². The molecule has 0 unspecified atom stereocenters. The van der Waals surface area contributed by atoms with Gasteiger partial charge in [-0.3, -0.25) is 4.79 Å². The summed E-state index contributed by atoms with van der Waals surface area (Å²) in [6.07, 6.45) is 0. The van der Waals surface area contributed by atoms with Gasteiger partial charge in [-0.15, -0.1) is 10.2 Å². The maximum absolute atomic E-state index is 11.9. The number of ketones is 1. The number of hydrogen-bond donors (Lipinski definition) is 0. The van der Waals surface area contributed by atoms with Crippen LogP contribution in [0, 0.1) is 0 Å². The van der Waals surface area contributed by atoms with Gasteiger partial charge < -0.3 is 4.42 Å². The van der Waals surface area contributed by atoms with Gasteiger partial charge in [0.15, 0.2) is 5.78 Å². The van der Waals surface area contributed by atoms with Crippen LogP contribution in [-0.2, 0) is 0 Å².